The number of nitrogens with zero attached hydrogens (tertiary/aromatic N) is 1. The van der Waals surface area contributed by atoms with Crippen molar-refractivity contribution in [3.05, 3.63) is 34.3 Å². The second-order valence-corrected chi connectivity index (χ2v) is 10.2. The molecule has 2 heterocycles. The molecular formula is C24H35BrN2O2. The quantitative estimate of drug-likeness (QED) is 0.691. The Balaban J connectivity index is 1.34. The van der Waals surface area contributed by atoms with Gasteiger partial charge in [-0.2, -0.15) is 0 Å². The zero-order valence-electron chi connectivity index (χ0n) is 17.5. The van der Waals surface area contributed by atoms with Gasteiger partial charge in [0.2, 0.25) is 5.91 Å². The highest BCUT2D eigenvalue weighted by Gasteiger charge is 2.42. The Labute approximate surface area is 183 Å². The number of nitrogens with one attached hydrogen (secondary N) is 1. The van der Waals surface area contributed by atoms with Gasteiger partial charge < -0.3 is 15.0 Å². The van der Waals surface area contributed by atoms with Crippen LogP contribution in [0.25, 0.3) is 0 Å². The van der Waals surface area contributed by atoms with Gasteiger partial charge in [-0.15, -0.1) is 0 Å². The first-order valence-corrected chi connectivity index (χ1v) is 12.3. The lowest BCUT2D eigenvalue weighted by atomic mass is 9.73. The van der Waals surface area contributed by atoms with Crippen molar-refractivity contribution in [1.82, 2.24) is 10.2 Å². The highest BCUT2D eigenvalue weighted by atomic mass is 79.9. The molecule has 160 valence electrons. The van der Waals surface area contributed by atoms with Crippen molar-refractivity contribution in [1.29, 1.82) is 0 Å². The number of hydrogen-bond acceptors (Lipinski definition) is 3. The summed E-state index contributed by atoms with van der Waals surface area (Å²) in [5.74, 6) is 1.10. The number of piperidine rings is 1. The van der Waals surface area contributed by atoms with Gasteiger partial charge in [0, 0.05) is 43.4 Å². The summed E-state index contributed by atoms with van der Waals surface area (Å²) in [6.07, 6.45) is 10.8. The summed E-state index contributed by atoms with van der Waals surface area (Å²) in [4.78, 5) is 16.1. The molecule has 0 spiro atoms. The van der Waals surface area contributed by atoms with Gasteiger partial charge in [0.15, 0.2) is 0 Å². The summed E-state index contributed by atoms with van der Waals surface area (Å²) in [7, 11) is 0. The highest BCUT2D eigenvalue weighted by molar-refractivity contribution is 9.10. The highest BCUT2D eigenvalue weighted by Crippen LogP contribution is 2.36. The normalized spacial score (nSPS) is 24.3. The molecule has 3 aliphatic rings. The third-order valence-electron chi connectivity index (χ3n) is 7.34. The minimum Gasteiger partial charge on any atom is -0.381 e. The van der Waals surface area contributed by atoms with Crippen LogP contribution in [0, 0.1) is 5.92 Å². The van der Waals surface area contributed by atoms with Crippen molar-refractivity contribution in [2.45, 2.75) is 69.2 Å². The van der Waals surface area contributed by atoms with E-state index < -0.39 is 5.41 Å². The van der Waals surface area contributed by atoms with E-state index in [0.717, 1.165) is 54.7 Å². The van der Waals surface area contributed by atoms with Crippen LogP contribution in [0.3, 0.4) is 0 Å². The third-order valence-corrected chi connectivity index (χ3v) is 7.87. The second kappa shape index (κ2) is 9.93. The first kappa shape index (κ1) is 21.3. The van der Waals surface area contributed by atoms with Crippen LogP contribution in [0.2, 0.25) is 0 Å². The van der Waals surface area contributed by atoms with Gasteiger partial charge in [-0.05, 0) is 62.1 Å². The number of benzene rings is 1. The molecule has 4 rings (SSSR count). The molecule has 1 aromatic carbocycles. The molecule has 29 heavy (non-hydrogen) atoms. The smallest absolute Gasteiger partial charge is 0.231 e. The molecule has 0 radical (unpaired) electrons. The van der Waals surface area contributed by atoms with Gasteiger partial charge in [0.25, 0.3) is 0 Å². The molecule has 1 amide bonds. The topological polar surface area (TPSA) is 41.6 Å². The van der Waals surface area contributed by atoms with Crippen LogP contribution >= 0.6 is 15.9 Å². The van der Waals surface area contributed by atoms with Crippen LogP contribution in [0.4, 0.5) is 0 Å². The molecule has 0 bridgehead atoms. The molecular weight excluding hydrogens is 428 g/mol. The Kier molecular flexibility index (Phi) is 7.30. The summed E-state index contributed by atoms with van der Waals surface area (Å²) in [6, 6.07) is 8.59. The fourth-order valence-electron chi connectivity index (χ4n) is 5.45. The fraction of sp³-hybridized carbons (Fsp3) is 0.708. The van der Waals surface area contributed by atoms with Crippen molar-refractivity contribution in [3.63, 3.8) is 0 Å². The van der Waals surface area contributed by atoms with E-state index in [4.69, 9.17) is 4.74 Å². The van der Waals surface area contributed by atoms with Crippen molar-refractivity contribution >= 4 is 21.8 Å². The van der Waals surface area contributed by atoms with Crippen molar-refractivity contribution in [3.8, 4) is 0 Å². The number of halogens is 1. The molecule has 3 fully saturated rings. The van der Waals surface area contributed by atoms with Crippen molar-refractivity contribution < 1.29 is 9.53 Å². The average Bonchev–Trinajstić information content (AvgIpc) is 2.77. The van der Waals surface area contributed by atoms with Gasteiger partial charge in [-0.25, -0.2) is 0 Å². The minimum atomic E-state index is -0.446. The van der Waals surface area contributed by atoms with Gasteiger partial charge in [-0.1, -0.05) is 47.3 Å². The predicted molar refractivity (Wildman–Crippen MR) is 120 cm³/mol. The largest absolute Gasteiger partial charge is 0.381 e. The maximum atomic E-state index is 13.5. The van der Waals surface area contributed by atoms with E-state index in [0.29, 0.717) is 19.3 Å². The molecule has 1 N–H and O–H groups in total. The van der Waals surface area contributed by atoms with Crippen LogP contribution in [0.5, 0.6) is 0 Å². The number of ether oxygens (including phenoxy) is 1. The number of likely N-dealkylation sites (tertiary alicyclic amines) is 1. The van der Waals surface area contributed by atoms with E-state index in [1.54, 1.807) is 0 Å². The summed E-state index contributed by atoms with van der Waals surface area (Å²) >= 11 is 3.51. The van der Waals surface area contributed by atoms with E-state index in [-0.39, 0.29) is 5.91 Å². The lowest BCUT2D eigenvalue weighted by Gasteiger charge is -2.40. The first-order valence-electron chi connectivity index (χ1n) is 11.5. The molecule has 1 saturated carbocycles. The number of hydrogen-bond donors (Lipinski definition) is 1. The predicted octanol–water partition coefficient (Wildman–Crippen LogP) is 4.66. The summed E-state index contributed by atoms with van der Waals surface area (Å²) in [6.45, 7) is 4.82. The van der Waals surface area contributed by atoms with Gasteiger partial charge in [-0.3, -0.25) is 4.79 Å². The van der Waals surface area contributed by atoms with Crippen LogP contribution in [-0.2, 0) is 14.9 Å². The Morgan fingerprint density at radius 1 is 1.03 bits per heavy atom. The lowest BCUT2D eigenvalue weighted by molar-refractivity contribution is -0.131. The standard InChI is InChI=1S/C24H35BrN2O2/c25-21-8-6-20(7-9-21)24(12-16-29-17-13-24)23(28)26-22-10-14-27(15-11-22)18-19-4-2-1-3-5-19/h6-9,19,22H,1-5,10-18H2,(H,26,28). The second-order valence-electron chi connectivity index (χ2n) is 9.25. The molecule has 0 aromatic heterocycles. The van der Waals surface area contributed by atoms with Gasteiger partial charge in [0.1, 0.15) is 0 Å². The molecule has 2 aliphatic heterocycles. The summed E-state index contributed by atoms with van der Waals surface area (Å²) in [5.41, 5.74) is 0.675. The zero-order valence-corrected chi connectivity index (χ0v) is 19.1. The van der Waals surface area contributed by atoms with Crippen molar-refractivity contribution in [2.24, 2.45) is 5.92 Å². The monoisotopic (exact) mass is 462 g/mol. The number of carbonyl (C=O) groups is 1. The van der Waals surface area contributed by atoms with Crippen LogP contribution in [0.1, 0.15) is 63.4 Å². The van der Waals surface area contributed by atoms with Crippen LogP contribution in [-0.4, -0.2) is 49.7 Å². The maximum Gasteiger partial charge on any atom is 0.231 e. The molecule has 4 nitrogen and oxygen atoms in total. The Morgan fingerprint density at radius 3 is 2.34 bits per heavy atom. The van der Waals surface area contributed by atoms with E-state index in [9.17, 15) is 4.79 Å². The van der Waals surface area contributed by atoms with Crippen LogP contribution < -0.4 is 5.32 Å². The molecule has 0 unspecified atom stereocenters. The minimum absolute atomic E-state index is 0.203. The molecule has 1 aliphatic carbocycles. The van der Waals surface area contributed by atoms with Crippen LogP contribution in [0.15, 0.2) is 28.7 Å². The molecule has 1 aromatic rings. The Hall–Kier alpha value is -0.910. The zero-order chi connectivity index (χ0) is 20.1. The average molecular weight is 463 g/mol. The van der Waals surface area contributed by atoms with E-state index >= 15 is 0 Å². The van der Waals surface area contributed by atoms with E-state index in [1.807, 2.05) is 12.1 Å². The summed E-state index contributed by atoms with van der Waals surface area (Å²) in [5, 5.41) is 3.43. The molecule has 0 atom stereocenters. The number of carbonyl (C=O) groups excluding carboxylic acids is 1. The third kappa shape index (κ3) is 5.23. The Morgan fingerprint density at radius 2 is 1.69 bits per heavy atom. The van der Waals surface area contributed by atoms with Gasteiger partial charge in [0.05, 0.1) is 5.41 Å². The number of amides is 1. The first-order chi connectivity index (χ1) is 14.2. The fourth-order valence-corrected chi connectivity index (χ4v) is 5.72. The van der Waals surface area contributed by atoms with Gasteiger partial charge >= 0.3 is 0 Å². The van der Waals surface area contributed by atoms with E-state index in [1.165, 1.54) is 38.6 Å². The molecule has 2 saturated heterocycles. The van der Waals surface area contributed by atoms with Crippen molar-refractivity contribution in [2.75, 3.05) is 32.8 Å². The SMILES string of the molecule is O=C(NC1CCN(CC2CCCCC2)CC1)C1(c2ccc(Br)cc2)CCOCC1. The maximum absolute atomic E-state index is 13.5. The van der Waals surface area contributed by atoms with E-state index in [2.05, 4.69) is 38.3 Å². The Bertz CT molecular complexity index is 658. The molecule has 5 heteroatoms. The lowest BCUT2D eigenvalue weighted by Crippen LogP contribution is -2.53. The number of rotatable bonds is 5. The summed E-state index contributed by atoms with van der Waals surface area (Å²) < 4.78 is 6.65.